The van der Waals surface area contributed by atoms with Crippen molar-refractivity contribution in [1.29, 1.82) is 5.26 Å². The molecule has 0 aliphatic carbocycles. The Kier molecular flexibility index (Phi) is 5.23. The van der Waals surface area contributed by atoms with E-state index in [-0.39, 0.29) is 0 Å². The molecule has 0 atom stereocenters. The van der Waals surface area contributed by atoms with Crippen LogP contribution in [-0.2, 0) is 0 Å². The quantitative estimate of drug-likeness (QED) is 0.714. The molecule has 0 aliphatic rings. The van der Waals surface area contributed by atoms with Crippen molar-refractivity contribution < 1.29 is 4.74 Å². The zero-order valence-electron chi connectivity index (χ0n) is 11.1. The van der Waals surface area contributed by atoms with Crippen LogP contribution in [0.5, 0.6) is 5.75 Å². The van der Waals surface area contributed by atoms with E-state index in [0.29, 0.717) is 17.2 Å². The summed E-state index contributed by atoms with van der Waals surface area (Å²) in [5.41, 5.74) is 1.29. The lowest BCUT2D eigenvalue weighted by molar-refractivity contribution is 0.317. The normalized spacial score (nSPS) is 11.7. The first kappa shape index (κ1) is 14.6. The lowest BCUT2D eigenvalue weighted by atomic mass is 10.1. The zero-order valence-corrected chi connectivity index (χ0v) is 12.7. The van der Waals surface area contributed by atoms with Gasteiger partial charge in [-0.2, -0.15) is 5.26 Å². The highest BCUT2D eigenvalue weighted by atomic mass is 35.5. The molecule has 1 aromatic carbocycles. The monoisotopic (exact) mass is 303 g/mol. The molecular formula is C16H14ClNOS. The molecule has 0 saturated carbocycles. The maximum Gasteiger partial charge on any atom is 0.119 e. The summed E-state index contributed by atoms with van der Waals surface area (Å²) < 4.78 is 5.59. The number of thiophene rings is 1. The van der Waals surface area contributed by atoms with Crippen LogP contribution in [0.25, 0.3) is 10.6 Å². The highest BCUT2D eigenvalue weighted by molar-refractivity contribution is 7.11. The minimum atomic E-state index is 0.455. The molecular weight excluding hydrogens is 290 g/mol. The van der Waals surface area contributed by atoms with Gasteiger partial charge < -0.3 is 4.74 Å². The number of nitrogens with zero attached hydrogens (tertiary/aromatic N) is 1. The average molecular weight is 304 g/mol. The maximum absolute atomic E-state index is 9.32. The number of allylic oxidation sites excluding steroid dienone is 1. The van der Waals surface area contributed by atoms with E-state index in [0.717, 1.165) is 22.6 Å². The van der Waals surface area contributed by atoms with Crippen LogP contribution < -0.4 is 4.74 Å². The summed E-state index contributed by atoms with van der Waals surface area (Å²) in [6, 6.07) is 13.5. The smallest absolute Gasteiger partial charge is 0.119 e. The first-order valence-electron chi connectivity index (χ1n) is 6.33. The first-order valence-corrected chi connectivity index (χ1v) is 7.59. The summed E-state index contributed by atoms with van der Waals surface area (Å²) in [6.07, 6.45) is 0.951. The van der Waals surface area contributed by atoms with E-state index in [1.54, 1.807) is 0 Å². The van der Waals surface area contributed by atoms with Crippen LogP contribution in [-0.4, -0.2) is 6.61 Å². The van der Waals surface area contributed by atoms with Crippen LogP contribution in [0.4, 0.5) is 0 Å². The molecule has 2 aromatic rings. The minimum Gasteiger partial charge on any atom is -0.494 e. The molecule has 0 radical (unpaired) electrons. The van der Waals surface area contributed by atoms with E-state index in [4.69, 9.17) is 16.3 Å². The standard InChI is InChI=1S/C16H14ClNOS/c1-2-8-19-13-6-3-5-12(10-13)16(17)14(11-18)15-7-4-9-20-15/h3-7,9-10H,2,8H2,1H3. The fourth-order valence-electron chi connectivity index (χ4n) is 1.72. The van der Waals surface area contributed by atoms with E-state index >= 15 is 0 Å². The number of benzene rings is 1. The molecule has 2 rings (SSSR count). The van der Waals surface area contributed by atoms with Gasteiger partial charge in [-0.05, 0) is 35.6 Å². The van der Waals surface area contributed by atoms with Crippen molar-refractivity contribution in [2.45, 2.75) is 13.3 Å². The van der Waals surface area contributed by atoms with Gasteiger partial charge in [0.15, 0.2) is 0 Å². The molecule has 0 amide bonds. The predicted molar refractivity (Wildman–Crippen MR) is 84.8 cm³/mol. The van der Waals surface area contributed by atoms with Crippen molar-refractivity contribution in [3.8, 4) is 11.8 Å². The number of rotatable bonds is 5. The Morgan fingerprint density at radius 3 is 2.85 bits per heavy atom. The fourth-order valence-corrected chi connectivity index (χ4v) is 2.76. The highest BCUT2D eigenvalue weighted by Crippen LogP contribution is 2.32. The fraction of sp³-hybridized carbons (Fsp3) is 0.188. The third-order valence-corrected chi connectivity index (χ3v) is 3.95. The summed E-state index contributed by atoms with van der Waals surface area (Å²) in [5.74, 6) is 0.769. The van der Waals surface area contributed by atoms with Gasteiger partial charge in [0.2, 0.25) is 0 Å². The molecule has 4 heteroatoms. The van der Waals surface area contributed by atoms with Crippen LogP contribution in [0.1, 0.15) is 23.8 Å². The molecule has 0 bridgehead atoms. The van der Waals surface area contributed by atoms with Gasteiger partial charge in [0.05, 0.1) is 17.2 Å². The third-order valence-electron chi connectivity index (χ3n) is 2.66. The summed E-state index contributed by atoms with van der Waals surface area (Å²) >= 11 is 7.88. The third kappa shape index (κ3) is 3.41. The Balaban J connectivity index is 2.37. The highest BCUT2D eigenvalue weighted by Gasteiger charge is 2.11. The van der Waals surface area contributed by atoms with Crippen molar-refractivity contribution in [2.24, 2.45) is 0 Å². The van der Waals surface area contributed by atoms with Crippen molar-refractivity contribution in [1.82, 2.24) is 0 Å². The van der Waals surface area contributed by atoms with Gasteiger partial charge in [-0.3, -0.25) is 0 Å². The Labute approximate surface area is 127 Å². The molecule has 0 fully saturated rings. The van der Waals surface area contributed by atoms with Gasteiger partial charge in [-0.1, -0.05) is 36.7 Å². The minimum absolute atomic E-state index is 0.455. The molecule has 0 saturated heterocycles. The summed E-state index contributed by atoms with van der Waals surface area (Å²) in [6.45, 7) is 2.72. The van der Waals surface area contributed by atoms with E-state index in [1.807, 2.05) is 41.8 Å². The Hall–Kier alpha value is -1.76. The molecule has 0 spiro atoms. The Morgan fingerprint density at radius 2 is 2.20 bits per heavy atom. The van der Waals surface area contributed by atoms with Gasteiger partial charge in [0, 0.05) is 4.88 Å². The summed E-state index contributed by atoms with van der Waals surface area (Å²) in [7, 11) is 0. The molecule has 102 valence electrons. The first-order chi connectivity index (χ1) is 9.76. The Morgan fingerprint density at radius 1 is 1.35 bits per heavy atom. The van der Waals surface area contributed by atoms with Crippen LogP contribution >= 0.6 is 22.9 Å². The van der Waals surface area contributed by atoms with E-state index < -0.39 is 0 Å². The Bertz CT molecular complexity index is 641. The van der Waals surface area contributed by atoms with E-state index in [9.17, 15) is 5.26 Å². The van der Waals surface area contributed by atoms with Crippen LogP contribution in [0.15, 0.2) is 41.8 Å². The van der Waals surface area contributed by atoms with Crippen molar-refractivity contribution in [2.75, 3.05) is 6.61 Å². The summed E-state index contributed by atoms with van der Waals surface area (Å²) in [5, 5.41) is 11.7. The number of hydrogen-bond acceptors (Lipinski definition) is 3. The zero-order chi connectivity index (χ0) is 14.4. The van der Waals surface area contributed by atoms with Gasteiger partial charge in [0.1, 0.15) is 11.8 Å². The molecule has 0 unspecified atom stereocenters. The average Bonchev–Trinajstić information content (AvgIpc) is 3.00. The van der Waals surface area contributed by atoms with Gasteiger partial charge in [0.25, 0.3) is 0 Å². The van der Waals surface area contributed by atoms with Crippen molar-refractivity contribution >= 4 is 33.5 Å². The summed E-state index contributed by atoms with van der Waals surface area (Å²) in [4.78, 5) is 0.873. The van der Waals surface area contributed by atoms with Crippen molar-refractivity contribution in [3.05, 3.63) is 52.2 Å². The van der Waals surface area contributed by atoms with Gasteiger partial charge in [-0.25, -0.2) is 0 Å². The van der Waals surface area contributed by atoms with Crippen LogP contribution in [0, 0.1) is 11.3 Å². The lowest BCUT2D eigenvalue weighted by Gasteiger charge is -2.07. The molecule has 20 heavy (non-hydrogen) atoms. The molecule has 0 N–H and O–H groups in total. The molecule has 0 aliphatic heterocycles. The van der Waals surface area contributed by atoms with Gasteiger partial charge >= 0.3 is 0 Å². The largest absolute Gasteiger partial charge is 0.494 e. The lowest BCUT2D eigenvalue weighted by Crippen LogP contribution is -1.95. The van der Waals surface area contributed by atoms with Crippen LogP contribution in [0.2, 0.25) is 0 Å². The van der Waals surface area contributed by atoms with E-state index in [1.165, 1.54) is 11.3 Å². The van der Waals surface area contributed by atoms with E-state index in [2.05, 4.69) is 13.0 Å². The topological polar surface area (TPSA) is 33.0 Å². The molecule has 1 heterocycles. The SMILES string of the molecule is CCCOc1cccc(C(Cl)=C(C#N)c2cccs2)c1. The number of halogens is 1. The second-order valence-electron chi connectivity index (χ2n) is 4.15. The number of ether oxygens (including phenoxy) is 1. The van der Waals surface area contributed by atoms with Gasteiger partial charge in [-0.15, -0.1) is 11.3 Å². The van der Waals surface area contributed by atoms with Crippen molar-refractivity contribution in [3.63, 3.8) is 0 Å². The second-order valence-corrected chi connectivity index (χ2v) is 5.48. The molecule has 1 aromatic heterocycles. The second kappa shape index (κ2) is 7.14. The number of hydrogen-bond donors (Lipinski definition) is 0. The maximum atomic E-state index is 9.32. The predicted octanol–water partition coefficient (Wildman–Crippen LogP) is 5.17. The molecule has 2 nitrogen and oxygen atoms in total. The number of nitriles is 1. The van der Waals surface area contributed by atoms with Crippen LogP contribution in [0.3, 0.4) is 0 Å².